The minimum Gasteiger partial charge on any atom is -0.493 e. The van der Waals surface area contributed by atoms with Crippen molar-refractivity contribution in [2.45, 2.75) is 6.92 Å². The molecule has 7 nitrogen and oxygen atoms in total. The molecule has 10 heteroatoms. The monoisotopic (exact) mass is 488 g/mol. The summed E-state index contributed by atoms with van der Waals surface area (Å²) < 4.78 is 11.5. The molecular weight excluding hydrogens is 471 g/mol. The van der Waals surface area contributed by atoms with Gasteiger partial charge < -0.3 is 25.1 Å². The van der Waals surface area contributed by atoms with Crippen molar-refractivity contribution >= 4 is 79.8 Å². The molecule has 2 heterocycles. The van der Waals surface area contributed by atoms with E-state index in [9.17, 15) is 4.79 Å². The number of halogens is 2. The van der Waals surface area contributed by atoms with Crippen LogP contribution in [0.3, 0.4) is 0 Å². The topological polar surface area (TPSA) is 88.4 Å². The van der Waals surface area contributed by atoms with Gasteiger partial charge >= 0.3 is 0 Å². The molecule has 4 aromatic rings. The van der Waals surface area contributed by atoms with Gasteiger partial charge in [-0.15, -0.1) is 0 Å². The van der Waals surface area contributed by atoms with Gasteiger partial charge in [-0.1, -0.05) is 23.2 Å². The molecule has 0 saturated carbocycles. The largest absolute Gasteiger partial charge is 0.493 e. The Morgan fingerprint density at radius 3 is 2.59 bits per heavy atom. The number of anilines is 2. The number of nitrogens with one attached hydrogen (secondary N) is 3. The van der Waals surface area contributed by atoms with Crippen LogP contribution in [0.25, 0.3) is 21.9 Å². The summed E-state index contributed by atoms with van der Waals surface area (Å²) in [4.78, 5) is 17.2. The molecule has 0 aliphatic heterocycles. The maximum absolute atomic E-state index is 13.2. The number of rotatable bonds is 5. The molecule has 3 N–H and O–H groups in total. The van der Waals surface area contributed by atoms with Crippen molar-refractivity contribution < 1.29 is 13.9 Å². The van der Waals surface area contributed by atoms with Gasteiger partial charge in [-0.25, -0.2) is 0 Å². The molecule has 0 atom stereocenters. The standard InChI is InChI=1S/C22H18Cl2N4O3S/c1-3-26-22(32)27-11-4-6-16-13(8-11)18-12(5-7-17(30-2)20(18)31-16)21(29)28-19-14(23)9-25-10-15(19)24/h4-10H,3H2,1-2H3,(H,25,28,29)(H2,26,27,32). The molecule has 0 fully saturated rings. The van der Waals surface area contributed by atoms with Crippen LogP contribution in [0.2, 0.25) is 10.0 Å². The van der Waals surface area contributed by atoms with Crippen molar-refractivity contribution in [3.8, 4) is 5.75 Å². The summed E-state index contributed by atoms with van der Waals surface area (Å²) in [6.07, 6.45) is 2.82. The van der Waals surface area contributed by atoms with Gasteiger partial charge in [0, 0.05) is 35.4 Å². The molecule has 32 heavy (non-hydrogen) atoms. The lowest BCUT2D eigenvalue weighted by Gasteiger charge is -2.11. The Hall–Kier alpha value is -3.07. The number of hydrogen-bond acceptors (Lipinski definition) is 5. The number of carbonyl (C=O) groups excluding carboxylic acids is 1. The van der Waals surface area contributed by atoms with E-state index in [-0.39, 0.29) is 15.7 Å². The van der Waals surface area contributed by atoms with Gasteiger partial charge in [0.2, 0.25) is 0 Å². The van der Waals surface area contributed by atoms with Gasteiger partial charge in [0.15, 0.2) is 16.4 Å². The fourth-order valence-electron chi connectivity index (χ4n) is 3.33. The summed E-state index contributed by atoms with van der Waals surface area (Å²) in [6, 6.07) is 8.86. The zero-order valence-corrected chi connectivity index (χ0v) is 19.4. The quantitative estimate of drug-likeness (QED) is 0.303. The van der Waals surface area contributed by atoms with E-state index in [1.165, 1.54) is 12.4 Å². The first-order valence-corrected chi connectivity index (χ1v) is 10.8. The Bertz CT molecular complexity index is 1340. The Balaban J connectivity index is 1.84. The number of pyridine rings is 1. The van der Waals surface area contributed by atoms with E-state index in [1.807, 2.05) is 25.1 Å². The number of aromatic nitrogens is 1. The average molecular weight is 489 g/mol. The second-order valence-electron chi connectivity index (χ2n) is 6.75. The second kappa shape index (κ2) is 9.20. The van der Waals surface area contributed by atoms with Crippen molar-refractivity contribution in [2.75, 3.05) is 24.3 Å². The number of ether oxygens (including phenoxy) is 1. The highest BCUT2D eigenvalue weighted by Gasteiger charge is 2.21. The summed E-state index contributed by atoms with van der Waals surface area (Å²) in [5.41, 5.74) is 2.45. The summed E-state index contributed by atoms with van der Waals surface area (Å²) in [5, 5.41) is 11.2. The number of fused-ring (bicyclic) bond motifs is 3. The average Bonchev–Trinajstić information content (AvgIpc) is 3.15. The number of hydrogen-bond donors (Lipinski definition) is 3. The van der Waals surface area contributed by atoms with Crippen LogP contribution in [0.5, 0.6) is 5.75 Å². The van der Waals surface area contributed by atoms with Crippen LogP contribution in [-0.4, -0.2) is 29.7 Å². The number of amides is 1. The van der Waals surface area contributed by atoms with Crippen LogP contribution in [0.15, 0.2) is 47.1 Å². The third-order valence-corrected chi connectivity index (χ3v) is 5.55. The van der Waals surface area contributed by atoms with E-state index in [0.717, 1.165) is 11.1 Å². The second-order valence-corrected chi connectivity index (χ2v) is 7.97. The summed E-state index contributed by atoms with van der Waals surface area (Å²) in [7, 11) is 1.54. The third-order valence-electron chi connectivity index (χ3n) is 4.73. The van der Waals surface area contributed by atoms with Crippen molar-refractivity contribution in [3.63, 3.8) is 0 Å². The molecule has 1 amide bonds. The predicted octanol–water partition coefficient (Wildman–Crippen LogP) is 5.86. The van der Waals surface area contributed by atoms with E-state index in [4.69, 9.17) is 44.6 Å². The Morgan fingerprint density at radius 2 is 1.91 bits per heavy atom. The van der Waals surface area contributed by atoms with Gasteiger partial charge in [-0.05, 0) is 49.5 Å². The van der Waals surface area contributed by atoms with Crippen LogP contribution < -0.4 is 20.7 Å². The van der Waals surface area contributed by atoms with Crippen molar-refractivity contribution in [3.05, 3.63) is 58.3 Å². The summed E-state index contributed by atoms with van der Waals surface area (Å²) >= 11 is 17.6. The predicted molar refractivity (Wildman–Crippen MR) is 132 cm³/mol. The van der Waals surface area contributed by atoms with E-state index in [2.05, 4.69) is 20.9 Å². The van der Waals surface area contributed by atoms with E-state index < -0.39 is 5.91 Å². The SMILES string of the molecule is CCNC(=S)Nc1ccc2oc3c(OC)ccc(C(=O)Nc4c(Cl)cncc4Cl)c3c2c1. The molecule has 4 rings (SSSR count). The smallest absolute Gasteiger partial charge is 0.256 e. The molecule has 0 aliphatic rings. The summed E-state index contributed by atoms with van der Waals surface area (Å²) in [6.45, 7) is 2.66. The first-order chi connectivity index (χ1) is 15.4. The lowest BCUT2D eigenvalue weighted by molar-refractivity contribution is 0.102. The minimum absolute atomic E-state index is 0.232. The van der Waals surface area contributed by atoms with Crippen LogP contribution >= 0.6 is 35.4 Å². The highest BCUT2D eigenvalue weighted by molar-refractivity contribution is 7.80. The van der Waals surface area contributed by atoms with Crippen LogP contribution in [0.4, 0.5) is 11.4 Å². The zero-order chi connectivity index (χ0) is 22.8. The minimum atomic E-state index is -0.406. The van der Waals surface area contributed by atoms with Gasteiger partial charge in [0.1, 0.15) is 5.58 Å². The highest BCUT2D eigenvalue weighted by atomic mass is 35.5. The molecule has 0 bridgehead atoms. The third kappa shape index (κ3) is 4.17. The van der Waals surface area contributed by atoms with E-state index in [1.54, 1.807) is 19.2 Å². The molecule has 2 aromatic heterocycles. The maximum Gasteiger partial charge on any atom is 0.256 e. The molecular formula is C22H18Cl2N4O3S. The number of benzene rings is 2. The van der Waals surface area contributed by atoms with Crippen LogP contribution in [0, 0.1) is 0 Å². The fraction of sp³-hybridized carbons (Fsp3) is 0.136. The molecule has 0 radical (unpaired) electrons. The van der Waals surface area contributed by atoms with Gasteiger partial charge in [-0.3, -0.25) is 9.78 Å². The number of methoxy groups -OCH3 is 1. The normalized spacial score (nSPS) is 10.9. The molecule has 0 spiro atoms. The number of furan rings is 1. The highest BCUT2D eigenvalue weighted by Crippen LogP contribution is 2.39. The lowest BCUT2D eigenvalue weighted by Crippen LogP contribution is -2.27. The maximum atomic E-state index is 13.2. The van der Waals surface area contributed by atoms with Crippen molar-refractivity contribution in [2.24, 2.45) is 0 Å². The zero-order valence-electron chi connectivity index (χ0n) is 17.1. The van der Waals surface area contributed by atoms with Gasteiger partial charge in [-0.2, -0.15) is 0 Å². The first kappa shape index (κ1) is 22.1. The van der Waals surface area contributed by atoms with E-state index >= 15 is 0 Å². The number of nitrogens with zero attached hydrogens (tertiary/aromatic N) is 1. The molecule has 164 valence electrons. The fourth-order valence-corrected chi connectivity index (χ4v) is 4.05. The first-order valence-electron chi connectivity index (χ1n) is 9.61. The van der Waals surface area contributed by atoms with Crippen molar-refractivity contribution in [1.29, 1.82) is 0 Å². The number of carbonyl (C=O) groups is 1. The van der Waals surface area contributed by atoms with Crippen LogP contribution in [0.1, 0.15) is 17.3 Å². The summed E-state index contributed by atoms with van der Waals surface area (Å²) in [5.74, 6) is 0.0993. The Labute approximate surface area is 199 Å². The molecule has 0 saturated heterocycles. The van der Waals surface area contributed by atoms with Crippen LogP contribution in [-0.2, 0) is 0 Å². The van der Waals surface area contributed by atoms with Gasteiger partial charge in [0.25, 0.3) is 5.91 Å². The Kier molecular flexibility index (Phi) is 6.36. The van der Waals surface area contributed by atoms with Gasteiger partial charge in [0.05, 0.1) is 28.4 Å². The molecule has 0 aliphatic carbocycles. The number of thiocarbonyl (C=S) groups is 1. The molecule has 0 unspecified atom stereocenters. The van der Waals surface area contributed by atoms with E-state index in [0.29, 0.717) is 39.5 Å². The Morgan fingerprint density at radius 1 is 1.16 bits per heavy atom. The lowest BCUT2D eigenvalue weighted by atomic mass is 10.0. The molecule has 2 aromatic carbocycles. The van der Waals surface area contributed by atoms with Crippen molar-refractivity contribution in [1.82, 2.24) is 10.3 Å².